The minimum Gasteiger partial charge on any atom is -0.374 e. The lowest BCUT2D eigenvalue weighted by Gasteiger charge is -2.28. The molecule has 118 valence electrons. The highest BCUT2D eigenvalue weighted by molar-refractivity contribution is 5.21. The van der Waals surface area contributed by atoms with E-state index in [2.05, 4.69) is 6.07 Å². The third-order valence-electron chi connectivity index (χ3n) is 3.93. The molecule has 6 nitrogen and oxygen atoms in total. The zero-order valence-corrected chi connectivity index (χ0v) is 12.7. The van der Waals surface area contributed by atoms with Crippen molar-refractivity contribution in [1.82, 2.24) is 0 Å². The van der Waals surface area contributed by atoms with E-state index in [0.29, 0.717) is 6.61 Å². The van der Waals surface area contributed by atoms with Crippen molar-refractivity contribution in [3.8, 4) is 6.07 Å². The van der Waals surface area contributed by atoms with Gasteiger partial charge in [-0.05, 0) is 19.4 Å². The monoisotopic (exact) mass is 304 g/mol. The van der Waals surface area contributed by atoms with Crippen LogP contribution in [-0.2, 0) is 25.6 Å². The highest BCUT2D eigenvalue weighted by Gasteiger charge is 2.62. The van der Waals surface area contributed by atoms with E-state index in [0.717, 1.165) is 5.56 Å². The number of ether oxygens (including phenoxy) is 4. The van der Waals surface area contributed by atoms with Crippen LogP contribution in [-0.4, -0.2) is 36.4 Å². The number of nitrogens with zero attached hydrogens (tertiary/aromatic N) is 1. The van der Waals surface area contributed by atoms with Crippen molar-refractivity contribution in [3.63, 3.8) is 0 Å². The summed E-state index contributed by atoms with van der Waals surface area (Å²) in [7, 11) is 0. The summed E-state index contributed by atoms with van der Waals surface area (Å²) >= 11 is 0. The van der Waals surface area contributed by atoms with Crippen molar-refractivity contribution >= 4 is 0 Å². The van der Waals surface area contributed by atoms with Gasteiger partial charge in [-0.25, -0.2) is 0 Å². The van der Waals surface area contributed by atoms with Gasteiger partial charge in [-0.2, -0.15) is 5.26 Å². The zero-order valence-electron chi connectivity index (χ0n) is 12.7. The Morgan fingerprint density at radius 2 is 2.00 bits per heavy atom. The number of nitrogens with two attached hydrogens (primary N) is 1. The Bertz CT molecular complexity index is 571. The van der Waals surface area contributed by atoms with E-state index in [-0.39, 0.29) is 6.61 Å². The highest BCUT2D eigenvalue weighted by Crippen LogP contribution is 2.41. The molecule has 0 aliphatic carbocycles. The molecule has 2 heterocycles. The minimum atomic E-state index is -1.28. The third kappa shape index (κ3) is 2.74. The number of benzene rings is 1. The second kappa shape index (κ2) is 5.61. The van der Waals surface area contributed by atoms with Gasteiger partial charge in [0.25, 0.3) is 0 Å². The molecule has 2 aliphatic heterocycles. The van der Waals surface area contributed by atoms with E-state index in [1.165, 1.54) is 0 Å². The first-order valence-corrected chi connectivity index (χ1v) is 7.27. The summed E-state index contributed by atoms with van der Waals surface area (Å²) < 4.78 is 22.8. The summed E-state index contributed by atoms with van der Waals surface area (Å²) in [6.45, 7) is 4.19. The van der Waals surface area contributed by atoms with Gasteiger partial charge in [-0.3, -0.25) is 0 Å². The molecular formula is C16H20N2O4. The summed E-state index contributed by atoms with van der Waals surface area (Å²) in [5.74, 6) is -0.799. The highest BCUT2D eigenvalue weighted by atomic mass is 16.8. The van der Waals surface area contributed by atoms with Crippen molar-refractivity contribution in [2.24, 2.45) is 5.73 Å². The number of hydrogen-bond donors (Lipinski definition) is 1. The Balaban J connectivity index is 1.62. The Hall–Kier alpha value is -1.49. The predicted octanol–water partition coefficient (Wildman–Crippen LogP) is 1.30. The van der Waals surface area contributed by atoms with Gasteiger partial charge >= 0.3 is 0 Å². The van der Waals surface area contributed by atoms with E-state index >= 15 is 0 Å². The molecule has 1 aromatic carbocycles. The molecule has 22 heavy (non-hydrogen) atoms. The van der Waals surface area contributed by atoms with E-state index in [1.54, 1.807) is 13.8 Å². The minimum absolute atomic E-state index is 0.207. The maximum absolute atomic E-state index is 9.48. The Morgan fingerprint density at radius 3 is 2.68 bits per heavy atom. The largest absolute Gasteiger partial charge is 0.374 e. The molecule has 0 amide bonds. The molecule has 6 heteroatoms. The van der Waals surface area contributed by atoms with Gasteiger partial charge in [0.1, 0.15) is 12.2 Å². The molecule has 0 bridgehead atoms. The quantitative estimate of drug-likeness (QED) is 0.902. The number of rotatable bonds is 4. The number of fused-ring (bicyclic) bond motifs is 1. The summed E-state index contributed by atoms with van der Waals surface area (Å²) in [6, 6.07) is 11.9. The van der Waals surface area contributed by atoms with Gasteiger partial charge in [0.05, 0.1) is 19.3 Å². The van der Waals surface area contributed by atoms with Crippen LogP contribution in [0.3, 0.4) is 0 Å². The molecule has 4 atom stereocenters. The molecule has 0 radical (unpaired) electrons. The molecule has 2 saturated heterocycles. The second-order valence-corrected chi connectivity index (χ2v) is 6.09. The van der Waals surface area contributed by atoms with E-state index in [4.69, 9.17) is 24.7 Å². The average Bonchev–Trinajstić information content (AvgIpc) is 2.93. The molecule has 2 fully saturated rings. The van der Waals surface area contributed by atoms with Crippen molar-refractivity contribution in [1.29, 1.82) is 5.26 Å². The van der Waals surface area contributed by atoms with Gasteiger partial charge in [0.15, 0.2) is 17.6 Å². The van der Waals surface area contributed by atoms with Crippen molar-refractivity contribution in [3.05, 3.63) is 35.9 Å². The normalized spacial score (nSPS) is 36.0. The van der Waals surface area contributed by atoms with Gasteiger partial charge < -0.3 is 24.7 Å². The van der Waals surface area contributed by atoms with Gasteiger partial charge in [0, 0.05) is 0 Å². The van der Waals surface area contributed by atoms with Crippen LogP contribution in [0.4, 0.5) is 0 Å². The van der Waals surface area contributed by atoms with Crippen LogP contribution in [0.1, 0.15) is 19.4 Å². The Labute approximate surface area is 129 Å². The van der Waals surface area contributed by atoms with Crippen LogP contribution in [0.2, 0.25) is 0 Å². The first-order valence-electron chi connectivity index (χ1n) is 7.27. The number of hydrogen-bond acceptors (Lipinski definition) is 6. The van der Waals surface area contributed by atoms with Crippen LogP contribution in [0.25, 0.3) is 0 Å². The standard InChI is InChI=1S/C16H20N2O4/c1-15(2)21-13-14(22-15)20-12(16(13,18)10-17)9-19-8-11-6-4-3-5-7-11/h3-7,12-14H,8-9,18H2,1-2H3/t12-,13?,14-,16-/m1/s1. The molecule has 2 aliphatic rings. The zero-order chi connectivity index (χ0) is 15.8. The second-order valence-electron chi connectivity index (χ2n) is 6.09. The van der Waals surface area contributed by atoms with Crippen LogP contribution < -0.4 is 5.73 Å². The predicted molar refractivity (Wildman–Crippen MR) is 77.3 cm³/mol. The first kappa shape index (κ1) is 15.4. The van der Waals surface area contributed by atoms with Gasteiger partial charge in [-0.15, -0.1) is 0 Å². The lowest BCUT2D eigenvalue weighted by Crippen LogP contribution is -2.56. The molecule has 3 rings (SSSR count). The summed E-state index contributed by atoms with van der Waals surface area (Å²) in [5.41, 5.74) is 5.98. The molecule has 0 aromatic heterocycles. The summed E-state index contributed by atoms with van der Waals surface area (Å²) in [5, 5.41) is 9.48. The Kier molecular flexibility index (Phi) is 3.93. The average molecular weight is 304 g/mol. The summed E-state index contributed by atoms with van der Waals surface area (Å²) in [6.07, 6.45) is -1.84. The van der Waals surface area contributed by atoms with Crippen LogP contribution >= 0.6 is 0 Å². The van der Waals surface area contributed by atoms with E-state index in [1.807, 2.05) is 30.3 Å². The van der Waals surface area contributed by atoms with Crippen molar-refractivity contribution in [2.45, 2.75) is 50.3 Å². The number of nitriles is 1. The third-order valence-corrected chi connectivity index (χ3v) is 3.93. The first-order chi connectivity index (χ1) is 10.4. The van der Waals surface area contributed by atoms with Gasteiger partial charge in [-0.1, -0.05) is 30.3 Å². The molecule has 1 aromatic rings. The van der Waals surface area contributed by atoms with E-state index in [9.17, 15) is 5.26 Å². The fourth-order valence-corrected chi connectivity index (χ4v) is 2.78. The smallest absolute Gasteiger partial charge is 0.190 e. The molecule has 1 unspecified atom stereocenters. The van der Waals surface area contributed by atoms with Crippen LogP contribution in [0, 0.1) is 11.3 Å². The van der Waals surface area contributed by atoms with Crippen LogP contribution in [0.15, 0.2) is 30.3 Å². The van der Waals surface area contributed by atoms with E-state index < -0.39 is 29.8 Å². The lowest BCUT2D eigenvalue weighted by molar-refractivity contribution is -0.214. The molecule has 0 saturated carbocycles. The molecule has 2 N–H and O–H groups in total. The maximum Gasteiger partial charge on any atom is 0.190 e. The fourth-order valence-electron chi connectivity index (χ4n) is 2.78. The van der Waals surface area contributed by atoms with Gasteiger partial charge in [0.2, 0.25) is 0 Å². The summed E-state index contributed by atoms with van der Waals surface area (Å²) in [4.78, 5) is 0. The SMILES string of the molecule is CC1(C)OC2[C@H](O[C@H](COCc3ccccc3)[C@]2(N)C#N)O1. The molecular weight excluding hydrogens is 284 g/mol. The van der Waals surface area contributed by atoms with Crippen LogP contribution in [0.5, 0.6) is 0 Å². The maximum atomic E-state index is 9.48. The fraction of sp³-hybridized carbons (Fsp3) is 0.562. The topological polar surface area (TPSA) is 86.7 Å². The molecule has 0 spiro atoms. The lowest BCUT2D eigenvalue weighted by atomic mass is 9.91. The van der Waals surface area contributed by atoms with Crippen molar-refractivity contribution in [2.75, 3.05) is 6.61 Å². The van der Waals surface area contributed by atoms with Crippen molar-refractivity contribution < 1.29 is 18.9 Å². The Morgan fingerprint density at radius 1 is 1.27 bits per heavy atom.